The molecule has 0 unspecified atom stereocenters. The SMILES string of the molecule is COc1cccc(C(=O)N(Cc2c(C)nn(-c3ccccc3)c2Oc2ccccc2OC)C2CC2)c1. The first kappa shape index (κ1) is 23.5. The van der Waals surface area contributed by atoms with E-state index in [0.717, 1.165) is 29.8 Å². The summed E-state index contributed by atoms with van der Waals surface area (Å²) in [7, 11) is 3.22. The van der Waals surface area contributed by atoms with Crippen LogP contribution in [0.5, 0.6) is 23.1 Å². The molecule has 1 amide bonds. The third-order valence-corrected chi connectivity index (χ3v) is 6.31. The number of nitrogens with zero attached hydrogens (tertiary/aromatic N) is 3. The second kappa shape index (κ2) is 10.2. The van der Waals surface area contributed by atoms with E-state index in [1.165, 1.54) is 0 Å². The van der Waals surface area contributed by atoms with Crippen LogP contribution in [0.1, 0.15) is 34.5 Å². The largest absolute Gasteiger partial charge is 0.497 e. The maximum absolute atomic E-state index is 13.6. The number of amides is 1. The van der Waals surface area contributed by atoms with Gasteiger partial charge in [-0.2, -0.15) is 5.10 Å². The van der Waals surface area contributed by atoms with E-state index in [1.54, 1.807) is 25.0 Å². The van der Waals surface area contributed by atoms with Crippen molar-refractivity contribution in [2.45, 2.75) is 32.4 Å². The van der Waals surface area contributed by atoms with Crippen LogP contribution in [0.25, 0.3) is 5.69 Å². The summed E-state index contributed by atoms with van der Waals surface area (Å²) in [5.74, 6) is 2.38. The number of hydrogen-bond donors (Lipinski definition) is 0. The Kier molecular flexibility index (Phi) is 6.62. The molecule has 5 rings (SSSR count). The van der Waals surface area contributed by atoms with Crippen LogP contribution in [0, 0.1) is 6.92 Å². The van der Waals surface area contributed by atoms with Gasteiger partial charge in [0.25, 0.3) is 5.91 Å². The summed E-state index contributed by atoms with van der Waals surface area (Å²) in [6.45, 7) is 2.33. The quantitative estimate of drug-likeness (QED) is 0.301. The minimum atomic E-state index is -0.0356. The molecule has 1 aliphatic carbocycles. The van der Waals surface area contributed by atoms with Crippen molar-refractivity contribution in [2.75, 3.05) is 14.2 Å². The lowest BCUT2D eigenvalue weighted by molar-refractivity contribution is 0.0728. The van der Waals surface area contributed by atoms with Crippen molar-refractivity contribution < 1.29 is 19.0 Å². The zero-order chi connectivity index (χ0) is 25.1. The number of para-hydroxylation sites is 3. The van der Waals surface area contributed by atoms with Gasteiger partial charge >= 0.3 is 0 Å². The van der Waals surface area contributed by atoms with Crippen LogP contribution in [0.4, 0.5) is 0 Å². The number of carbonyl (C=O) groups is 1. The number of rotatable bonds is 9. The van der Waals surface area contributed by atoms with Crippen molar-refractivity contribution in [2.24, 2.45) is 0 Å². The van der Waals surface area contributed by atoms with E-state index in [9.17, 15) is 4.79 Å². The molecule has 0 bridgehead atoms. The van der Waals surface area contributed by atoms with E-state index in [1.807, 2.05) is 84.6 Å². The Morgan fingerprint density at radius 2 is 1.67 bits per heavy atom. The molecule has 0 radical (unpaired) electrons. The predicted molar refractivity (Wildman–Crippen MR) is 137 cm³/mol. The highest BCUT2D eigenvalue weighted by Crippen LogP contribution is 2.38. The van der Waals surface area contributed by atoms with Gasteiger partial charge in [-0.25, -0.2) is 4.68 Å². The Morgan fingerprint density at radius 3 is 2.36 bits per heavy atom. The highest BCUT2D eigenvalue weighted by molar-refractivity contribution is 5.95. The van der Waals surface area contributed by atoms with Gasteiger partial charge in [-0.15, -0.1) is 0 Å². The molecule has 0 aliphatic heterocycles. The van der Waals surface area contributed by atoms with Gasteiger partial charge in [0.2, 0.25) is 5.88 Å². The normalized spacial score (nSPS) is 12.8. The molecule has 0 atom stereocenters. The fourth-order valence-corrected chi connectivity index (χ4v) is 4.22. The molecule has 0 N–H and O–H groups in total. The zero-order valence-electron chi connectivity index (χ0n) is 20.7. The maximum Gasteiger partial charge on any atom is 0.254 e. The molecule has 1 aromatic heterocycles. The first-order valence-corrected chi connectivity index (χ1v) is 12.0. The number of ether oxygens (including phenoxy) is 3. The second-order valence-electron chi connectivity index (χ2n) is 8.77. The van der Waals surface area contributed by atoms with Crippen LogP contribution < -0.4 is 14.2 Å². The molecule has 7 nitrogen and oxygen atoms in total. The molecule has 1 fully saturated rings. The summed E-state index contributed by atoms with van der Waals surface area (Å²) >= 11 is 0. The van der Waals surface area contributed by atoms with Crippen molar-refractivity contribution >= 4 is 5.91 Å². The minimum Gasteiger partial charge on any atom is -0.497 e. The third-order valence-electron chi connectivity index (χ3n) is 6.31. The van der Waals surface area contributed by atoms with Crippen molar-refractivity contribution in [3.05, 3.63) is 95.7 Å². The molecule has 0 spiro atoms. The monoisotopic (exact) mass is 483 g/mol. The fourth-order valence-electron chi connectivity index (χ4n) is 4.22. The van der Waals surface area contributed by atoms with E-state index in [2.05, 4.69) is 0 Å². The van der Waals surface area contributed by atoms with Crippen molar-refractivity contribution in [1.82, 2.24) is 14.7 Å². The van der Waals surface area contributed by atoms with E-state index < -0.39 is 0 Å². The van der Waals surface area contributed by atoms with Gasteiger partial charge < -0.3 is 19.1 Å². The number of benzene rings is 3. The van der Waals surface area contributed by atoms with Crippen LogP contribution in [0.15, 0.2) is 78.9 Å². The first-order valence-electron chi connectivity index (χ1n) is 12.0. The van der Waals surface area contributed by atoms with Crippen LogP contribution in [0.3, 0.4) is 0 Å². The number of aryl methyl sites for hydroxylation is 1. The standard InChI is InChI=1S/C29H29N3O4/c1-20-25(19-31(22-16-17-22)28(33)21-10-9-13-24(18-21)34-2)29(32(30-20)23-11-5-4-6-12-23)36-27-15-8-7-14-26(27)35-3/h4-15,18,22H,16-17,19H2,1-3H3. The maximum atomic E-state index is 13.6. The summed E-state index contributed by atoms with van der Waals surface area (Å²) < 4.78 is 19.1. The van der Waals surface area contributed by atoms with Gasteiger partial charge in [-0.05, 0) is 62.2 Å². The highest BCUT2D eigenvalue weighted by atomic mass is 16.5. The summed E-state index contributed by atoms with van der Waals surface area (Å²) in [6.07, 6.45) is 1.95. The molecule has 1 aliphatic rings. The molecule has 0 saturated heterocycles. The molecule has 7 heteroatoms. The van der Waals surface area contributed by atoms with Crippen molar-refractivity contribution in [1.29, 1.82) is 0 Å². The lowest BCUT2D eigenvalue weighted by Crippen LogP contribution is -2.32. The second-order valence-corrected chi connectivity index (χ2v) is 8.77. The number of hydrogen-bond acceptors (Lipinski definition) is 5. The molecule has 1 saturated carbocycles. The average molecular weight is 484 g/mol. The van der Waals surface area contributed by atoms with Crippen molar-refractivity contribution in [3.63, 3.8) is 0 Å². The van der Waals surface area contributed by atoms with E-state index >= 15 is 0 Å². The van der Waals surface area contributed by atoms with Crippen LogP contribution in [-0.4, -0.2) is 40.8 Å². The lowest BCUT2D eigenvalue weighted by Gasteiger charge is -2.23. The summed E-state index contributed by atoms with van der Waals surface area (Å²) in [6, 6.07) is 24.8. The number of aromatic nitrogens is 2. The smallest absolute Gasteiger partial charge is 0.254 e. The van der Waals surface area contributed by atoms with Gasteiger partial charge in [0.1, 0.15) is 5.75 Å². The number of carbonyl (C=O) groups excluding carboxylic acids is 1. The van der Waals surface area contributed by atoms with Crippen LogP contribution in [-0.2, 0) is 6.54 Å². The van der Waals surface area contributed by atoms with E-state index in [0.29, 0.717) is 35.2 Å². The molecular weight excluding hydrogens is 454 g/mol. The van der Waals surface area contributed by atoms with Gasteiger partial charge in [-0.3, -0.25) is 4.79 Å². The molecule has 184 valence electrons. The Hall–Kier alpha value is -4.26. The van der Waals surface area contributed by atoms with Gasteiger partial charge in [0, 0.05) is 11.6 Å². The highest BCUT2D eigenvalue weighted by Gasteiger charge is 2.35. The van der Waals surface area contributed by atoms with Crippen LogP contribution in [0.2, 0.25) is 0 Å². The molecule has 3 aromatic carbocycles. The van der Waals surface area contributed by atoms with Crippen molar-refractivity contribution in [3.8, 4) is 28.8 Å². The average Bonchev–Trinajstić information content (AvgIpc) is 3.72. The molecule has 1 heterocycles. The minimum absolute atomic E-state index is 0.0356. The molecule has 36 heavy (non-hydrogen) atoms. The molecule has 4 aromatic rings. The lowest BCUT2D eigenvalue weighted by atomic mass is 10.1. The number of methoxy groups -OCH3 is 2. The predicted octanol–water partition coefficient (Wildman–Crippen LogP) is 5.80. The summed E-state index contributed by atoms with van der Waals surface area (Å²) in [5, 5.41) is 4.82. The Morgan fingerprint density at radius 1 is 0.944 bits per heavy atom. The zero-order valence-corrected chi connectivity index (χ0v) is 20.7. The Bertz CT molecular complexity index is 1360. The van der Waals surface area contributed by atoms with E-state index in [4.69, 9.17) is 19.3 Å². The van der Waals surface area contributed by atoms with E-state index in [-0.39, 0.29) is 11.9 Å². The Balaban J connectivity index is 1.56. The summed E-state index contributed by atoms with van der Waals surface area (Å²) in [4.78, 5) is 15.6. The molecular formula is C29H29N3O4. The summed E-state index contributed by atoms with van der Waals surface area (Å²) in [5.41, 5.74) is 3.12. The first-order chi connectivity index (χ1) is 17.6. The van der Waals surface area contributed by atoms with Gasteiger partial charge in [-0.1, -0.05) is 36.4 Å². The van der Waals surface area contributed by atoms with Crippen LogP contribution >= 0.6 is 0 Å². The third kappa shape index (κ3) is 4.77. The Labute approximate surface area is 210 Å². The topological polar surface area (TPSA) is 65.8 Å². The van der Waals surface area contributed by atoms with Gasteiger partial charge in [0.05, 0.1) is 37.7 Å². The van der Waals surface area contributed by atoms with Gasteiger partial charge in [0.15, 0.2) is 11.5 Å². The fraction of sp³-hybridized carbons (Fsp3) is 0.241.